The minimum Gasteiger partial charge on any atom is -0.387 e. The number of carbonyl (C=O) groups is 1. The van der Waals surface area contributed by atoms with Gasteiger partial charge < -0.3 is 15.7 Å². The van der Waals surface area contributed by atoms with Gasteiger partial charge in [0.2, 0.25) is 6.41 Å². The lowest BCUT2D eigenvalue weighted by atomic mass is 9.94. The number of aryl methyl sites for hydroxylation is 1. The fourth-order valence-corrected chi connectivity index (χ4v) is 2.78. The molecule has 2 aromatic carbocycles. The zero-order chi connectivity index (χ0) is 18.3. The van der Waals surface area contributed by atoms with E-state index in [2.05, 4.69) is 24.5 Å². The molecule has 1 amide bonds. The third-order valence-corrected chi connectivity index (χ3v) is 4.46. The van der Waals surface area contributed by atoms with Gasteiger partial charge in [-0.05, 0) is 62.1 Å². The van der Waals surface area contributed by atoms with Crippen LogP contribution in [-0.4, -0.2) is 23.6 Å². The smallest absolute Gasteiger partial charge is 0.211 e. The molecule has 1 atom stereocenters. The van der Waals surface area contributed by atoms with Crippen molar-refractivity contribution in [2.45, 2.75) is 38.3 Å². The first-order valence-corrected chi connectivity index (χ1v) is 8.75. The van der Waals surface area contributed by atoms with E-state index in [9.17, 15) is 9.90 Å². The van der Waals surface area contributed by atoms with Crippen LogP contribution in [0.25, 0.3) is 0 Å². The molecule has 1 unspecified atom stereocenters. The van der Waals surface area contributed by atoms with Crippen molar-refractivity contribution in [1.82, 2.24) is 5.32 Å². The van der Waals surface area contributed by atoms with E-state index in [0.717, 1.165) is 24.1 Å². The zero-order valence-electron chi connectivity index (χ0n) is 14.6. The Kier molecular flexibility index (Phi) is 7.00. The molecule has 0 saturated carbocycles. The molecule has 0 saturated heterocycles. The topological polar surface area (TPSA) is 61.4 Å². The predicted molar refractivity (Wildman–Crippen MR) is 103 cm³/mol. The molecule has 0 aliphatic heterocycles. The molecule has 0 radical (unpaired) electrons. The number of aliphatic hydroxyl groups is 1. The number of rotatable bonds is 9. The molecule has 0 aromatic heterocycles. The van der Waals surface area contributed by atoms with Gasteiger partial charge in [0, 0.05) is 22.8 Å². The van der Waals surface area contributed by atoms with Crippen molar-refractivity contribution in [2.75, 3.05) is 11.9 Å². The van der Waals surface area contributed by atoms with Gasteiger partial charge in [-0.2, -0.15) is 0 Å². The maximum absolute atomic E-state index is 10.4. The molecule has 3 N–H and O–H groups in total. The highest BCUT2D eigenvalue weighted by Gasteiger charge is 2.19. The van der Waals surface area contributed by atoms with Crippen LogP contribution in [-0.2, 0) is 11.2 Å². The lowest BCUT2D eigenvalue weighted by Crippen LogP contribution is -2.41. The maximum atomic E-state index is 10.4. The summed E-state index contributed by atoms with van der Waals surface area (Å²) in [5, 5.41) is 17.0. The Labute approximate surface area is 154 Å². The van der Waals surface area contributed by atoms with Crippen molar-refractivity contribution in [3.8, 4) is 0 Å². The Balaban J connectivity index is 1.83. The van der Waals surface area contributed by atoms with Gasteiger partial charge in [0.05, 0.1) is 6.10 Å². The quantitative estimate of drug-likeness (QED) is 0.593. The van der Waals surface area contributed by atoms with Crippen LogP contribution in [0.2, 0.25) is 5.02 Å². The number of amides is 1. The standard InChI is InChI=1S/C20H25ClN2O2/c1-20(2,11-10-15-6-8-18(9-7-15)22-14-24)23-13-19(25)16-4-3-5-17(21)12-16/h3-9,12,14,19,23,25H,10-11,13H2,1-2H3,(H,22,24). The molecular formula is C20H25ClN2O2. The summed E-state index contributed by atoms with van der Waals surface area (Å²) < 4.78 is 0. The Hall–Kier alpha value is -1.88. The van der Waals surface area contributed by atoms with E-state index in [1.165, 1.54) is 5.56 Å². The molecular weight excluding hydrogens is 336 g/mol. The van der Waals surface area contributed by atoms with Crippen molar-refractivity contribution < 1.29 is 9.90 Å². The molecule has 0 aliphatic carbocycles. The summed E-state index contributed by atoms with van der Waals surface area (Å²) in [6, 6.07) is 15.1. The van der Waals surface area contributed by atoms with E-state index in [-0.39, 0.29) is 5.54 Å². The van der Waals surface area contributed by atoms with Crippen LogP contribution < -0.4 is 10.6 Å². The molecule has 2 aromatic rings. The van der Waals surface area contributed by atoms with Crippen LogP contribution in [0.4, 0.5) is 5.69 Å². The second kappa shape index (κ2) is 8.99. The van der Waals surface area contributed by atoms with E-state index >= 15 is 0 Å². The first-order valence-electron chi connectivity index (χ1n) is 8.37. The van der Waals surface area contributed by atoms with Crippen LogP contribution in [0.1, 0.15) is 37.5 Å². The average Bonchev–Trinajstić information content (AvgIpc) is 2.59. The summed E-state index contributed by atoms with van der Waals surface area (Å²) in [6.07, 6.45) is 1.92. The number of benzene rings is 2. The third-order valence-electron chi connectivity index (χ3n) is 4.23. The number of aliphatic hydroxyl groups excluding tert-OH is 1. The fourth-order valence-electron chi connectivity index (χ4n) is 2.59. The number of halogens is 1. The van der Waals surface area contributed by atoms with E-state index in [1.807, 2.05) is 36.4 Å². The van der Waals surface area contributed by atoms with Gasteiger partial charge in [-0.15, -0.1) is 0 Å². The predicted octanol–water partition coefficient (Wildman–Crippen LogP) is 3.94. The second-order valence-electron chi connectivity index (χ2n) is 6.79. The molecule has 5 heteroatoms. The first-order chi connectivity index (χ1) is 11.9. The number of nitrogens with one attached hydrogen (secondary N) is 2. The Morgan fingerprint density at radius 1 is 1.20 bits per heavy atom. The lowest BCUT2D eigenvalue weighted by molar-refractivity contribution is -0.105. The number of β-amino-alcohol motifs (C(OH)–C–C–N with tert-alkyl or cyclic N) is 1. The van der Waals surface area contributed by atoms with Gasteiger partial charge >= 0.3 is 0 Å². The summed E-state index contributed by atoms with van der Waals surface area (Å²) in [6.45, 7) is 4.72. The number of carbonyl (C=O) groups excluding carboxylic acids is 1. The van der Waals surface area contributed by atoms with Crippen LogP contribution in [0.15, 0.2) is 48.5 Å². The number of anilines is 1. The summed E-state index contributed by atoms with van der Waals surface area (Å²) in [7, 11) is 0. The van der Waals surface area contributed by atoms with E-state index in [4.69, 9.17) is 11.6 Å². The zero-order valence-corrected chi connectivity index (χ0v) is 15.4. The maximum Gasteiger partial charge on any atom is 0.211 e. The van der Waals surface area contributed by atoms with Crippen LogP contribution in [0, 0.1) is 0 Å². The molecule has 0 bridgehead atoms. The summed E-state index contributed by atoms with van der Waals surface area (Å²) in [5.41, 5.74) is 2.70. The summed E-state index contributed by atoms with van der Waals surface area (Å²) in [5.74, 6) is 0. The molecule has 0 aliphatic rings. The van der Waals surface area contributed by atoms with Gasteiger partial charge in [-0.25, -0.2) is 0 Å². The molecule has 25 heavy (non-hydrogen) atoms. The fraction of sp³-hybridized carbons (Fsp3) is 0.350. The molecule has 0 heterocycles. The molecule has 134 valence electrons. The highest BCUT2D eigenvalue weighted by atomic mass is 35.5. The third kappa shape index (κ3) is 6.50. The van der Waals surface area contributed by atoms with Gasteiger partial charge in [0.15, 0.2) is 0 Å². The largest absolute Gasteiger partial charge is 0.387 e. The van der Waals surface area contributed by atoms with Gasteiger partial charge in [0.25, 0.3) is 0 Å². The van der Waals surface area contributed by atoms with E-state index in [0.29, 0.717) is 18.0 Å². The van der Waals surface area contributed by atoms with Crippen molar-refractivity contribution >= 4 is 23.7 Å². The highest BCUT2D eigenvalue weighted by molar-refractivity contribution is 6.30. The van der Waals surface area contributed by atoms with Crippen LogP contribution in [0.5, 0.6) is 0 Å². The highest BCUT2D eigenvalue weighted by Crippen LogP contribution is 2.20. The van der Waals surface area contributed by atoms with Crippen molar-refractivity contribution in [3.05, 3.63) is 64.7 Å². The number of hydrogen-bond donors (Lipinski definition) is 3. The molecule has 0 spiro atoms. The van der Waals surface area contributed by atoms with Gasteiger partial charge in [-0.3, -0.25) is 4.79 Å². The van der Waals surface area contributed by atoms with Gasteiger partial charge in [0.1, 0.15) is 0 Å². The minimum atomic E-state index is -0.591. The lowest BCUT2D eigenvalue weighted by Gasteiger charge is -2.28. The van der Waals surface area contributed by atoms with E-state index in [1.54, 1.807) is 12.1 Å². The second-order valence-corrected chi connectivity index (χ2v) is 7.23. The Bertz CT molecular complexity index is 686. The SMILES string of the molecule is CC(C)(CCc1ccc(NC=O)cc1)NCC(O)c1cccc(Cl)c1. The summed E-state index contributed by atoms with van der Waals surface area (Å²) in [4.78, 5) is 10.4. The molecule has 2 rings (SSSR count). The van der Waals surface area contributed by atoms with Crippen molar-refractivity contribution in [1.29, 1.82) is 0 Å². The van der Waals surface area contributed by atoms with Crippen LogP contribution in [0.3, 0.4) is 0 Å². The summed E-state index contributed by atoms with van der Waals surface area (Å²) >= 11 is 5.97. The monoisotopic (exact) mass is 360 g/mol. The molecule has 4 nitrogen and oxygen atoms in total. The Morgan fingerprint density at radius 2 is 1.92 bits per heavy atom. The van der Waals surface area contributed by atoms with Crippen molar-refractivity contribution in [3.63, 3.8) is 0 Å². The average molecular weight is 361 g/mol. The Morgan fingerprint density at radius 3 is 2.56 bits per heavy atom. The normalized spacial score (nSPS) is 12.6. The minimum absolute atomic E-state index is 0.112. The number of hydrogen-bond acceptors (Lipinski definition) is 3. The van der Waals surface area contributed by atoms with Crippen LogP contribution >= 0.6 is 11.6 Å². The van der Waals surface area contributed by atoms with Gasteiger partial charge in [-0.1, -0.05) is 35.9 Å². The first kappa shape index (κ1) is 19.4. The van der Waals surface area contributed by atoms with E-state index < -0.39 is 6.10 Å². The van der Waals surface area contributed by atoms with Crippen molar-refractivity contribution in [2.24, 2.45) is 0 Å². The molecule has 0 fully saturated rings.